The zero-order chi connectivity index (χ0) is 14.8. The molecule has 0 aliphatic carbocycles. The number of nitrogens with zero attached hydrogens (tertiary/aromatic N) is 1. The molecule has 0 N–H and O–H groups in total. The number of rotatable bonds is 7. The Hall–Kier alpha value is 0.172. The van der Waals surface area contributed by atoms with E-state index in [-0.39, 0.29) is 0 Å². The lowest BCUT2D eigenvalue weighted by molar-refractivity contribution is -0.935. The first-order valence-corrected chi connectivity index (χ1v) is 8.88. The topological polar surface area (TPSA) is 9.23 Å². The summed E-state index contributed by atoms with van der Waals surface area (Å²) < 4.78 is 46.4. The van der Waals surface area contributed by atoms with E-state index in [0.29, 0.717) is 0 Å². The number of likely N-dealkylation sites (tertiary alicyclic amines) is 1. The molecule has 1 saturated heterocycles. The Labute approximate surface area is 117 Å². The molecule has 0 bridgehead atoms. The molecule has 0 atom stereocenters. The summed E-state index contributed by atoms with van der Waals surface area (Å²) in [5, 5.41) is 0. The van der Waals surface area contributed by atoms with E-state index in [9.17, 15) is 14.1 Å². The minimum Gasteiger partial charge on any atom is -0.510 e. The monoisotopic (exact) mass is 303 g/mol. The number of hydrogen-bond acceptors (Lipinski definition) is 1. The normalized spacial score (nSPS) is 18.0. The maximum atomic E-state index is 9.85. The van der Waals surface area contributed by atoms with E-state index in [1.54, 1.807) is 0 Å². The fraction of sp³-hybridized carbons (Fsp3) is 1.00. The third-order valence-corrected chi connectivity index (χ3v) is 3.21. The van der Waals surface area contributed by atoms with Crippen LogP contribution in [0.2, 0.25) is 0 Å². The smallest absolute Gasteiger partial charge is 0.510 e. The molecule has 0 aromatic carbocycles. The summed E-state index contributed by atoms with van der Waals surface area (Å²) in [5.41, 5.74) is 0. The van der Waals surface area contributed by atoms with Gasteiger partial charge >= 0.3 is 14.9 Å². The van der Waals surface area contributed by atoms with Gasteiger partial charge in [-0.2, -0.15) is 0 Å². The molecule has 1 fully saturated rings. The van der Waals surface area contributed by atoms with Crippen molar-refractivity contribution in [1.82, 2.24) is 0 Å². The maximum Gasteiger partial charge on any atom is 1.04 e. The van der Waals surface area contributed by atoms with Gasteiger partial charge in [0.15, 0.2) is 6.73 Å². The maximum absolute atomic E-state index is 9.85. The van der Waals surface area contributed by atoms with Gasteiger partial charge in [0.05, 0.1) is 26.2 Å². The molecule has 1 heterocycles. The molecule has 116 valence electrons. The van der Waals surface area contributed by atoms with Gasteiger partial charge in [-0.05, 0) is 12.8 Å². The summed E-state index contributed by atoms with van der Waals surface area (Å²) in [6, 6.07) is 0. The van der Waals surface area contributed by atoms with Crippen molar-refractivity contribution in [1.29, 1.82) is 0 Å². The molecule has 0 amide bonds. The SMILES string of the molecule is CCCC[N+]1(COCCC)CCCC1.[F][Al-]([F])([F])[F]. The quantitative estimate of drug-likeness (QED) is 0.298. The fourth-order valence-electron chi connectivity index (χ4n) is 2.32. The fourth-order valence-corrected chi connectivity index (χ4v) is 2.32. The lowest BCUT2D eigenvalue weighted by Gasteiger charge is -2.33. The van der Waals surface area contributed by atoms with Crippen molar-refractivity contribution in [3.63, 3.8) is 0 Å². The number of ether oxygens (including phenoxy) is 1. The van der Waals surface area contributed by atoms with Crippen LogP contribution < -0.4 is 0 Å². The molecule has 0 saturated carbocycles. The van der Waals surface area contributed by atoms with Gasteiger partial charge in [-0.25, -0.2) is 0 Å². The van der Waals surface area contributed by atoms with Gasteiger partial charge in [0, 0.05) is 12.8 Å². The Bertz CT molecular complexity index is 214. The van der Waals surface area contributed by atoms with Crippen molar-refractivity contribution in [2.45, 2.75) is 46.0 Å². The number of unbranched alkanes of at least 4 members (excludes halogenated alkanes) is 1. The highest BCUT2D eigenvalue weighted by Gasteiger charge is 2.41. The predicted molar refractivity (Wildman–Crippen MR) is 70.3 cm³/mol. The van der Waals surface area contributed by atoms with Gasteiger partial charge in [0.1, 0.15) is 0 Å². The first-order chi connectivity index (χ1) is 8.83. The second-order valence-corrected chi connectivity index (χ2v) is 6.10. The van der Waals surface area contributed by atoms with E-state index < -0.39 is 14.9 Å². The van der Waals surface area contributed by atoms with Crippen molar-refractivity contribution in [3.05, 3.63) is 0 Å². The Kier molecular flexibility index (Phi) is 10.1. The van der Waals surface area contributed by atoms with Gasteiger partial charge in [0.25, 0.3) is 0 Å². The molecule has 2 nitrogen and oxygen atoms in total. The summed E-state index contributed by atoms with van der Waals surface area (Å²) in [4.78, 5) is 0. The molecule has 0 spiro atoms. The van der Waals surface area contributed by atoms with Crippen LogP contribution in [0.5, 0.6) is 0 Å². The first-order valence-electron chi connectivity index (χ1n) is 7.13. The summed E-state index contributed by atoms with van der Waals surface area (Å²) in [5.74, 6) is 0. The standard InChI is InChI=1S/C12H26NO.Al.4FH/c1-3-5-8-13(9-6-7-10-13)12-14-11-4-2;;;;;/h3-12H2,1-2H3;;4*1H/q+1;+3;;;;/p-4. The molecular weight excluding hydrogens is 277 g/mol. The predicted octanol–water partition coefficient (Wildman–Crippen LogP) is 4.08. The van der Waals surface area contributed by atoms with Crippen molar-refractivity contribution in [2.75, 3.05) is 33.0 Å². The number of hydrogen-bond donors (Lipinski definition) is 0. The largest absolute Gasteiger partial charge is 1.04 e. The first kappa shape index (κ1) is 19.2. The summed E-state index contributed by atoms with van der Waals surface area (Å²) in [6.45, 7) is 10.4. The molecule has 1 rings (SSSR count). The van der Waals surface area contributed by atoms with Crippen LogP contribution in [-0.4, -0.2) is 52.4 Å². The molecule has 7 heteroatoms. The third-order valence-electron chi connectivity index (χ3n) is 3.21. The molecule has 1 aliphatic heterocycles. The van der Waals surface area contributed by atoms with Crippen LogP contribution >= 0.6 is 0 Å². The Morgan fingerprint density at radius 2 is 1.53 bits per heavy atom. The Morgan fingerprint density at radius 1 is 1.00 bits per heavy atom. The third kappa shape index (κ3) is 11.7. The molecular formula is C12H26AlF4NO. The van der Waals surface area contributed by atoms with Gasteiger partial charge in [-0.15, -0.1) is 0 Å². The minimum absolute atomic E-state index is 0.937. The molecule has 0 unspecified atom stereocenters. The van der Waals surface area contributed by atoms with E-state index in [1.165, 1.54) is 49.8 Å². The van der Waals surface area contributed by atoms with Gasteiger partial charge in [-0.3, -0.25) is 0 Å². The average molecular weight is 303 g/mol. The van der Waals surface area contributed by atoms with Crippen LogP contribution in [-0.2, 0) is 4.74 Å². The summed E-state index contributed by atoms with van der Waals surface area (Å²) >= 11 is -6.83. The molecule has 1 aliphatic rings. The minimum atomic E-state index is -6.83. The average Bonchev–Trinajstić information content (AvgIpc) is 2.74. The second kappa shape index (κ2) is 9.98. The molecule has 0 aromatic rings. The van der Waals surface area contributed by atoms with Crippen molar-refractivity contribution < 1.29 is 23.3 Å². The second-order valence-electron chi connectivity index (χ2n) is 5.11. The van der Waals surface area contributed by atoms with E-state index in [4.69, 9.17) is 4.74 Å². The zero-order valence-electron chi connectivity index (χ0n) is 12.0. The van der Waals surface area contributed by atoms with Crippen LogP contribution in [0.1, 0.15) is 46.0 Å². The Morgan fingerprint density at radius 3 is 1.95 bits per heavy atom. The lowest BCUT2D eigenvalue weighted by atomic mass is 10.3. The summed E-state index contributed by atoms with van der Waals surface area (Å²) in [7, 11) is 0. The van der Waals surface area contributed by atoms with Gasteiger partial charge < -0.3 is 23.3 Å². The van der Waals surface area contributed by atoms with Crippen LogP contribution in [0.25, 0.3) is 0 Å². The zero-order valence-corrected chi connectivity index (χ0v) is 13.2. The van der Waals surface area contributed by atoms with Gasteiger partial charge in [0.2, 0.25) is 0 Å². The van der Waals surface area contributed by atoms with Crippen LogP contribution in [0.15, 0.2) is 0 Å². The van der Waals surface area contributed by atoms with Crippen LogP contribution in [0.4, 0.5) is 14.1 Å². The Balaban J connectivity index is 0.000000555. The molecule has 0 radical (unpaired) electrons. The van der Waals surface area contributed by atoms with E-state index >= 15 is 0 Å². The molecule has 19 heavy (non-hydrogen) atoms. The lowest BCUT2D eigenvalue weighted by Crippen LogP contribution is -2.47. The highest BCUT2D eigenvalue weighted by molar-refractivity contribution is 6.50. The number of quaternary nitrogens is 1. The van der Waals surface area contributed by atoms with E-state index in [1.807, 2.05) is 0 Å². The van der Waals surface area contributed by atoms with E-state index in [2.05, 4.69) is 13.8 Å². The number of halogens is 4. The molecule has 0 aromatic heterocycles. The van der Waals surface area contributed by atoms with Crippen molar-refractivity contribution >= 4 is 14.9 Å². The van der Waals surface area contributed by atoms with Crippen LogP contribution in [0, 0.1) is 0 Å². The van der Waals surface area contributed by atoms with Crippen molar-refractivity contribution in [3.8, 4) is 0 Å². The van der Waals surface area contributed by atoms with E-state index in [0.717, 1.165) is 19.8 Å². The van der Waals surface area contributed by atoms with Crippen LogP contribution in [0.3, 0.4) is 0 Å². The summed E-state index contributed by atoms with van der Waals surface area (Å²) in [6.07, 6.45) is 6.62. The highest BCUT2D eigenvalue weighted by atomic mass is 27.5. The van der Waals surface area contributed by atoms with Gasteiger partial charge in [-0.1, -0.05) is 20.3 Å². The van der Waals surface area contributed by atoms with Crippen molar-refractivity contribution in [2.24, 2.45) is 0 Å². The highest BCUT2D eigenvalue weighted by Crippen LogP contribution is 2.20.